The molecule has 32 heavy (non-hydrogen) atoms. The maximum absolute atomic E-state index is 13.8. The zero-order chi connectivity index (χ0) is 22.8. The molecule has 4 heteroatoms. The predicted molar refractivity (Wildman–Crippen MR) is 129 cm³/mol. The van der Waals surface area contributed by atoms with Crippen molar-refractivity contribution in [2.24, 2.45) is 0 Å². The molecule has 0 saturated heterocycles. The van der Waals surface area contributed by atoms with Crippen LogP contribution in [0.2, 0.25) is 0 Å². The summed E-state index contributed by atoms with van der Waals surface area (Å²) in [5.74, 6) is -0.544. The van der Waals surface area contributed by atoms with Gasteiger partial charge in [-0.3, -0.25) is 9.59 Å². The number of amides is 2. The van der Waals surface area contributed by atoms with E-state index < -0.39 is 0 Å². The van der Waals surface area contributed by atoms with Gasteiger partial charge in [-0.2, -0.15) is 0 Å². The molecule has 4 rings (SSSR count). The summed E-state index contributed by atoms with van der Waals surface area (Å²) in [6, 6.07) is 23.5. The van der Waals surface area contributed by atoms with Crippen molar-refractivity contribution in [3.8, 4) is 0 Å². The van der Waals surface area contributed by atoms with Crippen molar-refractivity contribution in [3.63, 3.8) is 0 Å². The molecule has 4 nitrogen and oxygen atoms in total. The summed E-state index contributed by atoms with van der Waals surface area (Å²) < 4.78 is 0. The molecule has 0 fully saturated rings. The Morgan fingerprint density at radius 3 is 2.19 bits per heavy atom. The van der Waals surface area contributed by atoms with Crippen LogP contribution in [-0.2, 0) is 16.1 Å². The zero-order valence-electron chi connectivity index (χ0n) is 19.1. The molecule has 0 atom stereocenters. The van der Waals surface area contributed by atoms with Crippen molar-refractivity contribution in [1.29, 1.82) is 0 Å². The number of carbonyl (C=O) groups excluding carboxylic acids is 2. The molecule has 0 unspecified atom stereocenters. The fraction of sp³-hybridized carbons (Fsp3) is 0.214. The molecule has 162 valence electrons. The van der Waals surface area contributed by atoms with Crippen LogP contribution in [0, 0.1) is 20.8 Å². The number of carbonyl (C=O) groups is 2. The SMILES string of the molecule is CCN(Cc1ccccc1)C1=C(c2ccc(C)c(C)c2)C(=O)N(c2cccc(C)c2)C1=O. The van der Waals surface area contributed by atoms with Gasteiger partial charge in [-0.05, 0) is 67.6 Å². The molecule has 1 aliphatic heterocycles. The Kier molecular flexibility index (Phi) is 5.95. The third-order valence-electron chi connectivity index (χ3n) is 6.03. The summed E-state index contributed by atoms with van der Waals surface area (Å²) in [7, 11) is 0. The van der Waals surface area contributed by atoms with Gasteiger partial charge < -0.3 is 4.90 Å². The summed E-state index contributed by atoms with van der Waals surface area (Å²) in [4.78, 5) is 30.8. The summed E-state index contributed by atoms with van der Waals surface area (Å²) in [5, 5.41) is 0. The van der Waals surface area contributed by atoms with Gasteiger partial charge in [-0.1, -0.05) is 60.7 Å². The van der Waals surface area contributed by atoms with Crippen LogP contribution in [0.3, 0.4) is 0 Å². The molecule has 0 bridgehead atoms. The first-order valence-corrected chi connectivity index (χ1v) is 11.0. The van der Waals surface area contributed by atoms with E-state index >= 15 is 0 Å². The monoisotopic (exact) mass is 424 g/mol. The second-order valence-electron chi connectivity index (χ2n) is 8.31. The molecule has 2 amide bonds. The number of hydrogen-bond acceptors (Lipinski definition) is 3. The highest BCUT2D eigenvalue weighted by Gasteiger charge is 2.42. The van der Waals surface area contributed by atoms with Crippen LogP contribution < -0.4 is 4.90 Å². The van der Waals surface area contributed by atoms with Crippen LogP contribution in [0.4, 0.5) is 5.69 Å². The lowest BCUT2D eigenvalue weighted by atomic mass is 9.99. The van der Waals surface area contributed by atoms with Crippen LogP contribution in [0.25, 0.3) is 5.57 Å². The van der Waals surface area contributed by atoms with Gasteiger partial charge in [0.15, 0.2) is 0 Å². The van der Waals surface area contributed by atoms with Crippen LogP contribution in [-0.4, -0.2) is 23.3 Å². The largest absolute Gasteiger partial charge is 0.362 e. The van der Waals surface area contributed by atoms with Gasteiger partial charge in [0.05, 0.1) is 11.3 Å². The molecule has 0 aromatic heterocycles. The quantitative estimate of drug-likeness (QED) is 0.496. The average molecular weight is 425 g/mol. The predicted octanol–water partition coefficient (Wildman–Crippen LogP) is 5.42. The van der Waals surface area contributed by atoms with E-state index in [-0.39, 0.29) is 11.8 Å². The molecular formula is C28H28N2O2. The van der Waals surface area contributed by atoms with Gasteiger partial charge >= 0.3 is 0 Å². The second-order valence-corrected chi connectivity index (χ2v) is 8.31. The van der Waals surface area contributed by atoms with Gasteiger partial charge in [-0.25, -0.2) is 4.90 Å². The van der Waals surface area contributed by atoms with Gasteiger partial charge in [-0.15, -0.1) is 0 Å². The number of hydrogen-bond donors (Lipinski definition) is 0. The Balaban J connectivity index is 1.86. The van der Waals surface area contributed by atoms with Crippen LogP contribution in [0.1, 0.15) is 34.7 Å². The second kappa shape index (κ2) is 8.83. The number of anilines is 1. The highest BCUT2D eigenvalue weighted by molar-refractivity contribution is 6.45. The molecule has 1 aliphatic rings. The van der Waals surface area contributed by atoms with Gasteiger partial charge in [0.2, 0.25) is 0 Å². The first kappa shape index (κ1) is 21.6. The van der Waals surface area contributed by atoms with Crippen molar-refractivity contribution < 1.29 is 9.59 Å². The van der Waals surface area contributed by atoms with E-state index in [1.54, 1.807) is 0 Å². The third-order valence-corrected chi connectivity index (χ3v) is 6.03. The lowest BCUT2D eigenvalue weighted by molar-refractivity contribution is -0.120. The van der Waals surface area contributed by atoms with E-state index in [0.717, 1.165) is 27.8 Å². The van der Waals surface area contributed by atoms with Gasteiger partial charge in [0, 0.05) is 13.1 Å². The number of nitrogens with zero attached hydrogens (tertiary/aromatic N) is 2. The molecule has 0 N–H and O–H groups in total. The fourth-order valence-corrected chi connectivity index (χ4v) is 4.12. The lowest BCUT2D eigenvalue weighted by Gasteiger charge is -2.25. The molecule has 3 aromatic rings. The average Bonchev–Trinajstić information content (AvgIpc) is 3.04. The van der Waals surface area contributed by atoms with E-state index in [1.165, 1.54) is 4.90 Å². The molecular weight excluding hydrogens is 396 g/mol. The summed E-state index contributed by atoms with van der Waals surface area (Å²) in [5.41, 5.74) is 6.66. The van der Waals surface area contributed by atoms with Crippen molar-refractivity contribution in [1.82, 2.24) is 4.90 Å². The molecule has 0 aliphatic carbocycles. The van der Waals surface area contributed by atoms with Crippen molar-refractivity contribution in [2.45, 2.75) is 34.2 Å². The minimum atomic E-state index is -0.273. The van der Waals surface area contributed by atoms with E-state index in [2.05, 4.69) is 0 Å². The summed E-state index contributed by atoms with van der Waals surface area (Å²) >= 11 is 0. The molecule has 0 saturated carbocycles. The Hall–Kier alpha value is -3.66. The Bertz CT molecular complexity index is 1210. The molecule has 1 heterocycles. The third kappa shape index (κ3) is 3.96. The highest BCUT2D eigenvalue weighted by Crippen LogP contribution is 2.36. The maximum atomic E-state index is 13.8. The Labute approximate surface area is 189 Å². The highest BCUT2D eigenvalue weighted by atomic mass is 16.2. The number of likely N-dealkylation sites (N-methyl/N-ethyl adjacent to an activating group) is 1. The number of aryl methyl sites for hydroxylation is 3. The van der Waals surface area contributed by atoms with E-state index in [0.29, 0.717) is 30.0 Å². The number of rotatable bonds is 6. The topological polar surface area (TPSA) is 40.6 Å². The zero-order valence-corrected chi connectivity index (χ0v) is 19.1. The fourth-order valence-electron chi connectivity index (χ4n) is 4.12. The minimum absolute atomic E-state index is 0.272. The van der Waals surface area contributed by atoms with Crippen molar-refractivity contribution in [2.75, 3.05) is 11.4 Å². The number of imide groups is 1. The molecule has 0 radical (unpaired) electrons. The van der Waals surface area contributed by atoms with Crippen molar-refractivity contribution >= 4 is 23.1 Å². The summed E-state index contributed by atoms with van der Waals surface area (Å²) in [6.07, 6.45) is 0. The Morgan fingerprint density at radius 2 is 1.53 bits per heavy atom. The van der Waals surface area contributed by atoms with Gasteiger partial charge in [0.1, 0.15) is 5.70 Å². The standard InChI is InChI=1S/C28H28N2O2/c1-5-29(18-22-11-7-6-8-12-22)26-25(23-15-14-20(3)21(4)17-23)27(31)30(28(26)32)24-13-9-10-19(2)16-24/h6-17H,5,18H2,1-4H3. The first-order chi connectivity index (χ1) is 15.4. The van der Waals surface area contributed by atoms with Crippen molar-refractivity contribution in [3.05, 3.63) is 106 Å². The Morgan fingerprint density at radius 1 is 0.781 bits per heavy atom. The number of benzene rings is 3. The van der Waals surface area contributed by atoms with Crippen LogP contribution in [0.5, 0.6) is 0 Å². The lowest BCUT2D eigenvalue weighted by Crippen LogP contribution is -2.35. The minimum Gasteiger partial charge on any atom is -0.362 e. The van der Waals surface area contributed by atoms with Gasteiger partial charge in [0.25, 0.3) is 11.8 Å². The van der Waals surface area contributed by atoms with Crippen LogP contribution >= 0.6 is 0 Å². The van der Waals surface area contributed by atoms with Crippen LogP contribution in [0.15, 0.2) is 78.5 Å². The molecule has 0 spiro atoms. The maximum Gasteiger partial charge on any atom is 0.282 e. The van der Waals surface area contributed by atoms with E-state index in [4.69, 9.17) is 0 Å². The summed E-state index contributed by atoms with van der Waals surface area (Å²) in [6.45, 7) is 9.21. The molecule has 3 aromatic carbocycles. The smallest absolute Gasteiger partial charge is 0.282 e. The van der Waals surface area contributed by atoms with E-state index in [1.807, 2.05) is 105 Å². The van der Waals surface area contributed by atoms with E-state index in [9.17, 15) is 9.59 Å². The first-order valence-electron chi connectivity index (χ1n) is 11.0. The normalized spacial score (nSPS) is 13.8.